The predicted octanol–water partition coefficient (Wildman–Crippen LogP) is 0.417. The fraction of sp³-hybridized carbons (Fsp3) is 0.308. The minimum absolute atomic E-state index is 0.155. The van der Waals surface area contributed by atoms with Gasteiger partial charge in [-0.2, -0.15) is 0 Å². The highest BCUT2D eigenvalue weighted by Gasteiger charge is 2.22. The lowest BCUT2D eigenvalue weighted by Gasteiger charge is -2.16. The number of likely N-dealkylation sites (N-methyl/N-ethyl adjacent to an activating group) is 1. The zero-order chi connectivity index (χ0) is 16.7. The molecule has 0 saturated carbocycles. The van der Waals surface area contributed by atoms with Crippen molar-refractivity contribution < 1.29 is 28.8 Å². The van der Waals surface area contributed by atoms with Gasteiger partial charge in [0.1, 0.15) is 6.54 Å². The van der Waals surface area contributed by atoms with E-state index in [0.717, 1.165) is 4.90 Å². The molecule has 9 heteroatoms. The number of nitro benzene ring substituents is 1. The molecule has 0 atom stereocenters. The van der Waals surface area contributed by atoms with Crippen LogP contribution in [0.3, 0.4) is 0 Å². The van der Waals surface area contributed by atoms with Crippen LogP contribution in [0.15, 0.2) is 18.2 Å². The van der Waals surface area contributed by atoms with Crippen LogP contribution >= 0.6 is 0 Å². The van der Waals surface area contributed by atoms with Gasteiger partial charge in [0.2, 0.25) is 0 Å². The summed E-state index contributed by atoms with van der Waals surface area (Å²) in [7, 11) is 2.55. The summed E-state index contributed by atoms with van der Waals surface area (Å²) in [6.45, 7) is -0.786. The largest absolute Gasteiger partial charge is 0.477 e. The first kappa shape index (κ1) is 17.1. The monoisotopic (exact) mass is 310 g/mol. The van der Waals surface area contributed by atoms with Crippen LogP contribution in [0, 0.1) is 10.1 Å². The van der Waals surface area contributed by atoms with E-state index in [2.05, 4.69) is 4.74 Å². The number of amides is 1. The Labute approximate surface area is 125 Å². The van der Waals surface area contributed by atoms with E-state index in [1.54, 1.807) is 0 Å². The molecule has 22 heavy (non-hydrogen) atoms. The molecule has 1 aromatic carbocycles. The van der Waals surface area contributed by atoms with Gasteiger partial charge in [0, 0.05) is 7.05 Å². The van der Waals surface area contributed by atoms with Crippen molar-refractivity contribution in [2.75, 3.05) is 27.3 Å². The molecule has 0 fully saturated rings. The first-order valence-electron chi connectivity index (χ1n) is 6.06. The molecule has 0 saturated heterocycles. The number of para-hydroxylation sites is 1. The van der Waals surface area contributed by atoms with Crippen molar-refractivity contribution in [1.82, 2.24) is 4.90 Å². The molecule has 118 valence electrons. The Balaban J connectivity index is 2.80. The van der Waals surface area contributed by atoms with E-state index >= 15 is 0 Å². The van der Waals surface area contributed by atoms with Gasteiger partial charge in [-0.15, -0.1) is 0 Å². The Morgan fingerprint density at radius 1 is 1.41 bits per heavy atom. The number of hydrogen-bond acceptors (Lipinski definition) is 7. The molecule has 0 N–H and O–H groups in total. The van der Waals surface area contributed by atoms with Crippen molar-refractivity contribution in [3.63, 3.8) is 0 Å². The normalized spacial score (nSPS) is 9.73. The second kappa shape index (κ2) is 7.72. The van der Waals surface area contributed by atoms with E-state index in [1.807, 2.05) is 0 Å². The molecule has 1 amide bonds. The van der Waals surface area contributed by atoms with E-state index in [1.165, 1.54) is 32.4 Å². The number of carbonyl (C=O) groups excluding carboxylic acids is 3. The molecule has 1 aromatic rings. The lowest BCUT2D eigenvalue weighted by molar-refractivity contribution is -0.386. The summed E-state index contributed by atoms with van der Waals surface area (Å²) in [4.78, 5) is 44.9. The number of nitrogens with zero attached hydrogens (tertiary/aromatic N) is 2. The van der Waals surface area contributed by atoms with E-state index in [0.29, 0.717) is 6.29 Å². The van der Waals surface area contributed by atoms with Crippen molar-refractivity contribution in [3.8, 4) is 5.75 Å². The summed E-state index contributed by atoms with van der Waals surface area (Å²) >= 11 is 0. The number of methoxy groups -OCH3 is 1. The predicted molar refractivity (Wildman–Crippen MR) is 73.6 cm³/mol. The van der Waals surface area contributed by atoms with Crippen molar-refractivity contribution in [1.29, 1.82) is 0 Å². The summed E-state index contributed by atoms with van der Waals surface area (Å²) in [6, 6.07) is 3.94. The van der Waals surface area contributed by atoms with Gasteiger partial charge in [0.25, 0.3) is 5.91 Å². The molecule has 0 radical (unpaired) electrons. The molecule has 0 aliphatic rings. The number of hydrogen-bond donors (Lipinski definition) is 0. The van der Waals surface area contributed by atoms with Gasteiger partial charge in [-0.05, 0) is 12.1 Å². The third kappa shape index (κ3) is 4.27. The van der Waals surface area contributed by atoms with Crippen LogP contribution in [0.5, 0.6) is 5.75 Å². The van der Waals surface area contributed by atoms with Crippen molar-refractivity contribution >= 4 is 23.9 Å². The highest BCUT2D eigenvalue weighted by atomic mass is 16.6. The summed E-state index contributed by atoms with van der Waals surface area (Å²) in [5.74, 6) is -1.38. The number of esters is 1. The average molecular weight is 310 g/mol. The maximum absolute atomic E-state index is 11.8. The number of carbonyl (C=O) groups is 3. The Morgan fingerprint density at radius 2 is 2.09 bits per heavy atom. The molecule has 9 nitrogen and oxygen atoms in total. The van der Waals surface area contributed by atoms with E-state index in [4.69, 9.17) is 4.74 Å². The number of ether oxygens (including phenoxy) is 2. The van der Waals surface area contributed by atoms with Gasteiger partial charge in [0.05, 0.1) is 17.6 Å². The van der Waals surface area contributed by atoms with E-state index in [-0.39, 0.29) is 17.9 Å². The third-order valence-corrected chi connectivity index (χ3v) is 2.71. The maximum Gasteiger partial charge on any atom is 0.325 e. The summed E-state index contributed by atoms with van der Waals surface area (Å²) in [5.41, 5.74) is -0.668. The summed E-state index contributed by atoms with van der Waals surface area (Å²) in [5, 5.41) is 11.0. The van der Waals surface area contributed by atoms with Crippen molar-refractivity contribution in [3.05, 3.63) is 33.9 Å². The lowest BCUT2D eigenvalue weighted by atomic mass is 10.2. The second-order valence-electron chi connectivity index (χ2n) is 4.18. The summed E-state index contributed by atoms with van der Waals surface area (Å²) < 4.78 is 9.51. The molecule has 0 unspecified atom stereocenters. The number of nitro groups is 1. The van der Waals surface area contributed by atoms with Crippen LogP contribution in [0.2, 0.25) is 0 Å². The highest BCUT2D eigenvalue weighted by molar-refractivity contribution is 5.85. The zero-order valence-electron chi connectivity index (χ0n) is 12.0. The molecule has 0 spiro atoms. The standard InChI is InChI=1S/C13H14N2O7/c1-14(6-12(18)21-2)11(17)8-22-10-5-3-4-9(7-16)13(10)15(19)20/h3-5,7H,6,8H2,1-2H3. The Morgan fingerprint density at radius 3 is 2.64 bits per heavy atom. The smallest absolute Gasteiger partial charge is 0.325 e. The van der Waals surface area contributed by atoms with Crippen LogP contribution in [-0.2, 0) is 14.3 Å². The van der Waals surface area contributed by atoms with Crippen LogP contribution in [0.4, 0.5) is 5.69 Å². The maximum atomic E-state index is 11.8. The third-order valence-electron chi connectivity index (χ3n) is 2.71. The van der Waals surface area contributed by atoms with Gasteiger partial charge in [-0.25, -0.2) is 0 Å². The molecular formula is C13H14N2O7. The average Bonchev–Trinajstić information content (AvgIpc) is 2.51. The topological polar surface area (TPSA) is 116 Å². The zero-order valence-corrected chi connectivity index (χ0v) is 12.0. The van der Waals surface area contributed by atoms with E-state index in [9.17, 15) is 24.5 Å². The van der Waals surface area contributed by atoms with Crippen LogP contribution in [-0.4, -0.2) is 55.3 Å². The van der Waals surface area contributed by atoms with Crippen molar-refractivity contribution in [2.45, 2.75) is 0 Å². The Bertz CT molecular complexity index is 600. The number of rotatable bonds is 7. The summed E-state index contributed by atoms with van der Waals surface area (Å²) in [6.07, 6.45) is 0.330. The molecule has 0 aliphatic heterocycles. The Hall–Kier alpha value is -2.97. The molecule has 0 aliphatic carbocycles. The number of aldehydes is 1. The van der Waals surface area contributed by atoms with Gasteiger partial charge in [-0.1, -0.05) is 6.07 Å². The Kier molecular flexibility index (Phi) is 5.99. The molecule has 0 heterocycles. The van der Waals surface area contributed by atoms with Gasteiger partial charge in [-0.3, -0.25) is 24.5 Å². The van der Waals surface area contributed by atoms with Crippen LogP contribution in [0.25, 0.3) is 0 Å². The lowest BCUT2D eigenvalue weighted by Crippen LogP contribution is -2.36. The minimum Gasteiger partial charge on any atom is -0.477 e. The van der Waals surface area contributed by atoms with Crippen molar-refractivity contribution in [2.24, 2.45) is 0 Å². The second-order valence-corrected chi connectivity index (χ2v) is 4.18. The molecule has 1 rings (SSSR count). The first-order chi connectivity index (χ1) is 10.4. The van der Waals surface area contributed by atoms with E-state index < -0.39 is 29.1 Å². The highest BCUT2D eigenvalue weighted by Crippen LogP contribution is 2.29. The SMILES string of the molecule is COC(=O)CN(C)C(=O)COc1cccc(C=O)c1[N+](=O)[O-]. The fourth-order valence-corrected chi connectivity index (χ4v) is 1.54. The minimum atomic E-state index is -0.762. The molecule has 0 bridgehead atoms. The van der Waals surface area contributed by atoms with Gasteiger partial charge < -0.3 is 14.4 Å². The molecule has 0 aromatic heterocycles. The van der Waals surface area contributed by atoms with Crippen LogP contribution in [0.1, 0.15) is 10.4 Å². The first-order valence-corrected chi connectivity index (χ1v) is 6.06. The fourth-order valence-electron chi connectivity index (χ4n) is 1.54. The van der Waals surface area contributed by atoms with Gasteiger partial charge in [0.15, 0.2) is 18.6 Å². The number of benzene rings is 1. The quantitative estimate of drug-likeness (QED) is 0.310. The van der Waals surface area contributed by atoms with Crippen LogP contribution < -0.4 is 4.74 Å². The van der Waals surface area contributed by atoms with Gasteiger partial charge >= 0.3 is 11.7 Å². The molecular weight excluding hydrogens is 296 g/mol.